The molecule has 2 N–H and O–H groups in total. The fraction of sp³-hybridized carbons (Fsp3) is 0.500. The van der Waals surface area contributed by atoms with Gasteiger partial charge in [-0.2, -0.15) is 5.21 Å². The van der Waals surface area contributed by atoms with E-state index in [9.17, 15) is 0 Å². The summed E-state index contributed by atoms with van der Waals surface area (Å²) in [6, 6.07) is 5.92. The number of nitrogens with one attached hydrogen (secondary N) is 2. The maximum atomic E-state index is 5.70. The molecule has 0 fully saturated rings. The highest BCUT2D eigenvalue weighted by Crippen LogP contribution is 2.29. The fourth-order valence-corrected chi connectivity index (χ4v) is 1.89. The monoisotopic (exact) mass is 291 g/mol. The molecule has 0 bridgehead atoms. The summed E-state index contributed by atoms with van der Waals surface area (Å²) in [7, 11) is 1.64. The summed E-state index contributed by atoms with van der Waals surface area (Å²) in [5.74, 6) is 2.12. The first-order valence-electron chi connectivity index (χ1n) is 6.90. The third kappa shape index (κ3) is 4.16. The molecule has 1 atom stereocenters. The van der Waals surface area contributed by atoms with Gasteiger partial charge in [-0.1, -0.05) is 11.3 Å². The SMILES string of the molecule is COc1cc(CNC(C)c2nn[nH]n2)ccc1OC(C)C. The first-order valence-corrected chi connectivity index (χ1v) is 6.90. The number of tetrazole rings is 1. The number of aromatic nitrogens is 4. The van der Waals surface area contributed by atoms with Crippen molar-refractivity contribution in [3.8, 4) is 11.5 Å². The van der Waals surface area contributed by atoms with Gasteiger partial charge >= 0.3 is 0 Å². The Morgan fingerprint density at radius 2 is 2.05 bits per heavy atom. The van der Waals surface area contributed by atoms with Gasteiger partial charge in [0, 0.05) is 6.54 Å². The molecule has 0 aliphatic carbocycles. The molecule has 0 saturated heterocycles. The van der Waals surface area contributed by atoms with Crippen LogP contribution in [0.3, 0.4) is 0 Å². The Morgan fingerprint density at radius 1 is 1.24 bits per heavy atom. The van der Waals surface area contributed by atoms with Crippen LogP contribution in [0.5, 0.6) is 11.5 Å². The molecular formula is C14H21N5O2. The van der Waals surface area contributed by atoms with Crippen LogP contribution < -0.4 is 14.8 Å². The van der Waals surface area contributed by atoms with Gasteiger partial charge in [-0.25, -0.2) is 0 Å². The topological polar surface area (TPSA) is 85.0 Å². The predicted molar refractivity (Wildman–Crippen MR) is 78.2 cm³/mol. The average molecular weight is 291 g/mol. The van der Waals surface area contributed by atoms with E-state index < -0.39 is 0 Å². The molecule has 21 heavy (non-hydrogen) atoms. The van der Waals surface area contributed by atoms with Gasteiger partial charge in [0.1, 0.15) is 0 Å². The minimum absolute atomic E-state index is 0.0151. The number of hydrogen-bond acceptors (Lipinski definition) is 6. The summed E-state index contributed by atoms with van der Waals surface area (Å²) >= 11 is 0. The summed E-state index contributed by atoms with van der Waals surface area (Å²) in [6.07, 6.45) is 0.112. The van der Waals surface area contributed by atoms with E-state index >= 15 is 0 Å². The van der Waals surface area contributed by atoms with Gasteiger partial charge in [-0.15, -0.1) is 10.2 Å². The second-order valence-electron chi connectivity index (χ2n) is 5.02. The lowest BCUT2D eigenvalue weighted by atomic mass is 10.2. The Kier molecular flexibility index (Phi) is 5.10. The average Bonchev–Trinajstić information content (AvgIpc) is 2.99. The predicted octanol–water partition coefficient (Wildman–Crippen LogP) is 1.85. The second kappa shape index (κ2) is 7.03. The standard InChI is InChI=1S/C14H21N5O2/c1-9(2)21-12-6-5-11(7-13(12)20-4)8-15-10(3)14-16-18-19-17-14/h5-7,9-10,15H,8H2,1-4H3,(H,16,17,18,19). The molecule has 1 aromatic carbocycles. The molecule has 0 saturated carbocycles. The summed E-state index contributed by atoms with van der Waals surface area (Å²) in [6.45, 7) is 6.63. The zero-order chi connectivity index (χ0) is 15.2. The molecule has 7 heteroatoms. The smallest absolute Gasteiger partial charge is 0.191 e. The van der Waals surface area contributed by atoms with Crippen molar-refractivity contribution in [3.05, 3.63) is 29.6 Å². The maximum Gasteiger partial charge on any atom is 0.191 e. The number of hydrogen-bond donors (Lipinski definition) is 2. The lowest BCUT2D eigenvalue weighted by Crippen LogP contribution is -2.19. The summed E-state index contributed by atoms with van der Waals surface area (Å²) in [4.78, 5) is 0. The Balaban J connectivity index is 2.00. The van der Waals surface area contributed by atoms with E-state index in [1.807, 2.05) is 39.0 Å². The molecule has 1 heterocycles. The number of rotatable bonds is 7. The molecule has 2 aromatic rings. The van der Waals surface area contributed by atoms with Gasteiger partial charge in [0.15, 0.2) is 17.3 Å². The number of methoxy groups -OCH3 is 1. The van der Waals surface area contributed by atoms with Crippen LogP contribution in [0.25, 0.3) is 0 Å². The van der Waals surface area contributed by atoms with E-state index in [0.717, 1.165) is 17.1 Å². The van der Waals surface area contributed by atoms with Crippen molar-refractivity contribution in [1.29, 1.82) is 0 Å². The highest BCUT2D eigenvalue weighted by atomic mass is 16.5. The number of nitrogens with zero attached hydrogens (tertiary/aromatic N) is 3. The molecule has 1 aromatic heterocycles. The minimum atomic E-state index is 0.0151. The Labute approximate surface area is 124 Å². The summed E-state index contributed by atoms with van der Waals surface area (Å²) < 4.78 is 11.1. The van der Waals surface area contributed by atoms with E-state index in [0.29, 0.717) is 12.4 Å². The Morgan fingerprint density at radius 3 is 2.67 bits per heavy atom. The number of ether oxygens (including phenoxy) is 2. The second-order valence-corrected chi connectivity index (χ2v) is 5.02. The number of benzene rings is 1. The molecule has 0 amide bonds. The molecule has 0 aliphatic heterocycles. The molecule has 114 valence electrons. The molecule has 1 unspecified atom stereocenters. The quantitative estimate of drug-likeness (QED) is 0.809. The van der Waals surface area contributed by atoms with Crippen molar-refractivity contribution in [1.82, 2.24) is 25.9 Å². The molecule has 7 nitrogen and oxygen atoms in total. The lowest BCUT2D eigenvalue weighted by Gasteiger charge is -2.15. The molecular weight excluding hydrogens is 270 g/mol. The van der Waals surface area contributed by atoms with Gasteiger partial charge in [0.25, 0.3) is 0 Å². The van der Waals surface area contributed by atoms with Gasteiger partial charge < -0.3 is 14.8 Å². The van der Waals surface area contributed by atoms with E-state index in [4.69, 9.17) is 9.47 Å². The van der Waals surface area contributed by atoms with Gasteiger partial charge in [0.05, 0.1) is 19.3 Å². The summed E-state index contributed by atoms with van der Waals surface area (Å²) in [5.41, 5.74) is 1.10. The fourth-order valence-electron chi connectivity index (χ4n) is 1.89. The van der Waals surface area contributed by atoms with Gasteiger partial charge in [-0.05, 0) is 38.5 Å². The summed E-state index contributed by atoms with van der Waals surface area (Å²) in [5, 5.41) is 17.2. The van der Waals surface area contributed by atoms with Crippen LogP contribution in [0.4, 0.5) is 0 Å². The zero-order valence-electron chi connectivity index (χ0n) is 12.8. The Hall–Kier alpha value is -2.15. The van der Waals surface area contributed by atoms with Crippen LogP contribution in [-0.4, -0.2) is 33.8 Å². The number of H-pyrrole nitrogens is 1. The van der Waals surface area contributed by atoms with E-state index in [1.54, 1.807) is 7.11 Å². The van der Waals surface area contributed by atoms with Crippen LogP contribution in [-0.2, 0) is 6.54 Å². The highest BCUT2D eigenvalue weighted by Gasteiger charge is 2.11. The van der Waals surface area contributed by atoms with E-state index in [2.05, 4.69) is 25.9 Å². The molecule has 0 radical (unpaired) electrons. The minimum Gasteiger partial charge on any atom is -0.493 e. The third-order valence-electron chi connectivity index (χ3n) is 2.95. The van der Waals surface area contributed by atoms with Crippen molar-refractivity contribution in [2.24, 2.45) is 0 Å². The van der Waals surface area contributed by atoms with Crippen molar-refractivity contribution in [2.75, 3.05) is 7.11 Å². The van der Waals surface area contributed by atoms with Crippen LogP contribution in [0.1, 0.15) is 38.2 Å². The van der Waals surface area contributed by atoms with E-state index in [-0.39, 0.29) is 12.1 Å². The third-order valence-corrected chi connectivity index (χ3v) is 2.95. The van der Waals surface area contributed by atoms with Crippen molar-refractivity contribution in [3.63, 3.8) is 0 Å². The van der Waals surface area contributed by atoms with Crippen LogP contribution >= 0.6 is 0 Å². The zero-order valence-corrected chi connectivity index (χ0v) is 12.8. The van der Waals surface area contributed by atoms with Crippen LogP contribution in [0, 0.1) is 0 Å². The van der Waals surface area contributed by atoms with Gasteiger partial charge in [0.2, 0.25) is 0 Å². The van der Waals surface area contributed by atoms with Crippen molar-refractivity contribution in [2.45, 2.75) is 39.5 Å². The lowest BCUT2D eigenvalue weighted by molar-refractivity contribution is 0.230. The van der Waals surface area contributed by atoms with Crippen molar-refractivity contribution < 1.29 is 9.47 Å². The molecule has 0 aliphatic rings. The van der Waals surface area contributed by atoms with E-state index in [1.165, 1.54) is 0 Å². The maximum absolute atomic E-state index is 5.70. The highest BCUT2D eigenvalue weighted by molar-refractivity contribution is 5.43. The Bertz CT molecular complexity index is 556. The van der Waals surface area contributed by atoms with Crippen molar-refractivity contribution >= 4 is 0 Å². The first kappa shape index (κ1) is 15.2. The molecule has 0 spiro atoms. The van der Waals surface area contributed by atoms with Gasteiger partial charge in [-0.3, -0.25) is 0 Å². The normalized spacial score (nSPS) is 12.4. The van der Waals surface area contributed by atoms with Crippen LogP contribution in [0.15, 0.2) is 18.2 Å². The first-order chi connectivity index (χ1) is 10.1. The molecule has 2 rings (SSSR count). The number of aromatic amines is 1. The largest absolute Gasteiger partial charge is 0.493 e. The van der Waals surface area contributed by atoms with Crippen LogP contribution in [0.2, 0.25) is 0 Å².